The second-order valence-corrected chi connectivity index (χ2v) is 7.48. The number of ether oxygens (including phenoxy) is 1. The molecule has 0 rings (SSSR count). The summed E-state index contributed by atoms with van der Waals surface area (Å²) in [4.78, 5) is 22.0. The van der Waals surface area contributed by atoms with Crippen LogP contribution in [0.5, 0.6) is 0 Å². The first-order chi connectivity index (χ1) is 11.3. The molecule has 0 saturated carbocycles. The van der Waals surface area contributed by atoms with Crippen molar-refractivity contribution in [3.63, 3.8) is 0 Å². The molecule has 0 aromatic heterocycles. The van der Waals surface area contributed by atoms with Crippen LogP contribution < -0.4 is 6.15 Å². The molecule has 8 nitrogen and oxygen atoms in total. The number of carboxylic acid groups (broad SMARTS) is 1. The van der Waals surface area contributed by atoms with E-state index in [4.69, 9.17) is 9.84 Å². The summed E-state index contributed by atoms with van der Waals surface area (Å²) in [5.41, 5.74) is 0. The monoisotopic (exact) mass is 383 g/mol. The fraction of sp³-hybridized carbons (Fsp3) is 0.875. The standard InChI is InChI=1S/C16H30O7S.H3N/c1-2-3-4-5-6-7-8-9-10-11-12-23-15(17)13-14(16(18)19)24(20,21)22;/h14H,2-13H2,1H3,(H,18,19)(H,20,21,22);1H3. The van der Waals surface area contributed by atoms with Gasteiger partial charge < -0.3 is 20.5 Å². The van der Waals surface area contributed by atoms with E-state index in [0.717, 1.165) is 19.3 Å². The van der Waals surface area contributed by atoms with Crippen LogP contribution in [0.3, 0.4) is 0 Å². The Morgan fingerprint density at radius 2 is 1.40 bits per heavy atom. The van der Waals surface area contributed by atoms with Crippen LogP contribution in [0.25, 0.3) is 0 Å². The first kappa shape index (κ1) is 26.0. The molecule has 0 bridgehead atoms. The number of rotatable bonds is 15. The molecule has 0 amide bonds. The van der Waals surface area contributed by atoms with Gasteiger partial charge in [0.1, 0.15) is 10.1 Å². The number of carboxylic acids is 1. The minimum absolute atomic E-state index is 0. The minimum atomic E-state index is -5.06. The predicted octanol–water partition coefficient (Wildman–Crippen LogP) is 3.22. The molecular formula is C16H33NO7S. The number of esters is 1. The molecule has 150 valence electrons. The topological polar surface area (TPSA) is 157 Å². The fourth-order valence-corrected chi connectivity index (χ4v) is 2.89. The van der Waals surface area contributed by atoms with Crippen molar-refractivity contribution in [2.24, 2.45) is 0 Å². The highest BCUT2D eigenvalue weighted by molar-refractivity contribution is 7.87. The number of carbonyl (C=O) groups is 2. The third-order valence-electron chi connectivity index (χ3n) is 3.74. The molecule has 0 heterocycles. The van der Waals surface area contributed by atoms with Gasteiger partial charge in [0.2, 0.25) is 0 Å². The zero-order valence-electron chi connectivity index (χ0n) is 15.4. The van der Waals surface area contributed by atoms with E-state index in [2.05, 4.69) is 6.92 Å². The Balaban J connectivity index is 0. The number of quaternary nitrogens is 1. The lowest BCUT2D eigenvalue weighted by Gasteiger charge is -2.15. The molecule has 0 aliphatic heterocycles. The van der Waals surface area contributed by atoms with Crippen LogP contribution in [0.2, 0.25) is 0 Å². The van der Waals surface area contributed by atoms with E-state index in [9.17, 15) is 22.6 Å². The van der Waals surface area contributed by atoms with Crippen molar-refractivity contribution >= 4 is 22.1 Å². The molecule has 9 heteroatoms. The van der Waals surface area contributed by atoms with Crippen LogP contribution in [0.15, 0.2) is 0 Å². The molecule has 0 saturated heterocycles. The van der Waals surface area contributed by atoms with Crippen molar-refractivity contribution in [3.05, 3.63) is 0 Å². The van der Waals surface area contributed by atoms with Gasteiger partial charge in [-0.25, -0.2) is 8.42 Å². The Bertz CT molecular complexity index is 465. The van der Waals surface area contributed by atoms with Gasteiger partial charge in [-0.3, -0.25) is 9.59 Å². The minimum Gasteiger partial charge on any atom is -0.747 e. The van der Waals surface area contributed by atoms with Crippen molar-refractivity contribution in [1.29, 1.82) is 0 Å². The van der Waals surface area contributed by atoms with Crippen LogP contribution in [-0.4, -0.2) is 41.9 Å². The maximum Gasteiger partial charge on any atom is 0.321 e. The average Bonchev–Trinajstić information content (AvgIpc) is 2.48. The first-order valence-corrected chi connectivity index (χ1v) is 10.1. The maximum absolute atomic E-state index is 11.4. The lowest BCUT2D eigenvalue weighted by Crippen LogP contribution is -2.32. The summed E-state index contributed by atoms with van der Waals surface area (Å²) >= 11 is 0. The number of hydrogen-bond acceptors (Lipinski definition) is 6. The van der Waals surface area contributed by atoms with E-state index in [1.165, 1.54) is 38.5 Å². The Morgan fingerprint density at radius 1 is 0.960 bits per heavy atom. The van der Waals surface area contributed by atoms with E-state index in [1.54, 1.807) is 0 Å². The Kier molecular flexibility index (Phi) is 15.7. The van der Waals surface area contributed by atoms with E-state index in [-0.39, 0.29) is 12.8 Å². The van der Waals surface area contributed by atoms with Crippen molar-refractivity contribution in [3.8, 4) is 0 Å². The summed E-state index contributed by atoms with van der Waals surface area (Å²) in [7, 11) is -5.06. The zero-order valence-corrected chi connectivity index (χ0v) is 16.2. The van der Waals surface area contributed by atoms with Crippen molar-refractivity contribution in [1.82, 2.24) is 6.15 Å². The van der Waals surface area contributed by atoms with Crippen LogP contribution >= 0.6 is 0 Å². The SMILES string of the molecule is CCCCCCCCCCCCOC(=O)CC(C(=O)O)S(=O)(=O)[O-].[NH4+]. The quantitative estimate of drug-likeness (QED) is 0.249. The second-order valence-electron chi connectivity index (χ2n) is 5.93. The van der Waals surface area contributed by atoms with Crippen LogP contribution in [0.1, 0.15) is 77.6 Å². The maximum atomic E-state index is 11.4. The van der Waals surface area contributed by atoms with Crippen LogP contribution in [0, 0.1) is 0 Å². The largest absolute Gasteiger partial charge is 0.747 e. The average molecular weight is 384 g/mol. The molecule has 25 heavy (non-hydrogen) atoms. The normalized spacial score (nSPS) is 12.2. The summed E-state index contributed by atoms with van der Waals surface area (Å²) in [6, 6.07) is 0. The number of carbonyl (C=O) groups excluding carboxylic acids is 1. The van der Waals surface area contributed by atoms with Gasteiger partial charge in [-0.2, -0.15) is 0 Å². The molecule has 0 aliphatic carbocycles. The number of hydrogen-bond donors (Lipinski definition) is 2. The van der Waals surface area contributed by atoms with Gasteiger partial charge in [0, 0.05) is 0 Å². The van der Waals surface area contributed by atoms with E-state index in [0.29, 0.717) is 6.42 Å². The lowest BCUT2D eigenvalue weighted by atomic mass is 10.1. The van der Waals surface area contributed by atoms with Crippen molar-refractivity contribution in [2.45, 2.75) is 82.8 Å². The Hall–Kier alpha value is -1.19. The molecule has 1 atom stereocenters. The van der Waals surface area contributed by atoms with E-state index >= 15 is 0 Å². The van der Waals surface area contributed by atoms with Crippen molar-refractivity contribution < 1.29 is 32.4 Å². The molecule has 0 radical (unpaired) electrons. The third-order valence-corrected chi connectivity index (χ3v) is 4.80. The third kappa shape index (κ3) is 14.8. The molecule has 0 aromatic carbocycles. The van der Waals surface area contributed by atoms with Crippen LogP contribution in [0.4, 0.5) is 0 Å². The smallest absolute Gasteiger partial charge is 0.321 e. The summed E-state index contributed by atoms with van der Waals surface area (Å²) in [5, 5.41) is 6.35. The zero-order chi connectivity index (χ0) is 18.4. The van der Waals surface area contributed by atoms with Gasteiger partial charge in [-0.05, 0) is 6.42 Å². The number of unbranched alkanes of at least 4 members (excludes halogenated alkanes) is 9. The molecule has 0 spiro atoms. The van der Waals surface area contributed by atoms with Gasteiger partial charge >= 0.3 is 11.9 Å². The molecular weight excluding hydrogens is 350 g/mol. The molecule has 0 fully saturated rings. The summed E-state index contributed by atoms with van der Waals surface area (Å²) < 4.78 is 37.0. The highest BCUT2D eigenvalue weighted by Gasteiger charge is 2.28. The van der Waals surface area contributed by atoms with Crippen LogP contribution in [-0.2, 0) is 24.4 Å². The summed E-state index contributed by atoms with van der Waals surface area (Å²) in [6.07, 6.45) is 10.3. The Morgan fingerprint density at radius 3 is 1.80 bits per heavy atom. The second kappa shape index (κ2) is 15.1. The lowest BCUT2D eigenvalue weighted by molar-refractivity contribution is -0.147. The predicted molar refractivity (Wildman–Crippen MR) is 94.5 cm³/mol. The summed E-state index contributed by atoms with van der Waals surface area (Å²) in [6.45, 7) is 2.30. The molecule has 0 aromatic rings. The Labute approximate surface area is 150 Å². The number of aliphatic carboxylic acids is 1. The van der Waals surface area contributed by atoms with Gasteiger partial charge in [0.15, 0.2) is 5.25 Å². The van der Waals surface area contributed by atoms with Gasteiger partial charge in [-0.1, -0.05) is 64.7 Å². The molecule has 1 unspecified atom stereocenters. The molecule has 5 N–H and O–H groups in total. The highest BCUT2D eigenvalue weighted by atomic mass is 32.2. The highest BCUT2D eigenvalue weighted by Crippen LogP contribution is 2.11. The van der Waals surface area contributed by atoms with Gasteiger partial charge in [0.25, 0.3) is 0 Å². The van der Waals surface area contributed by atoms with Gasteiger partial charge in [-0.15, -0.1) is 0 Å². The van der Waals surface area contributed by atoms with E-state index < -0.39 is 33.7 Å². The fourth-order valence-electron chi connectivity index (χ4n) is 2.30. The van der Waals surface area contributed by atoms with E-state index in [1.807, 2.05) is 0 Å². The van der Waals surface area contributed by atoms with Crippen molar-refractivity contribution in [2.75, 3.05) is 6.61 Å². The summed E-state index contributed by atoms with van der Waals surface area (Å²) in [5.74, 6) is -2.81. The molecule has 0 aliphatic rings. The van der Waals surface area contributed by atoms with Gasteiger partial charge in [0.05, 0.1) is 13.0 Å². The first-order valence-electron chi connectivity index (χ1n) is 8.62.